The third-order valence-corrected chi connectivity index (χ3v) is 4.81. The van der Waals surface area contributed by atoms with Crippen LogP contribution < -0.4 is 30.0 Å². The van der Waals surface area contributed by atoms with Crippen molar-refractivity contribution in [3.63, 3.8) is 0 Å². The van der Waals surface area contributed by atoms with E-state index in [9.17, 15) is 9.90 Å². The van der Waals surface area contributed by atoms with Crippen molar-refractivity contribution in [2.45, 2.75) is 6.04 Å². The van der Waals surface area contributed by atoms with Gasteiger partial charge in [0.15, 0.2) is 17.5 Å². The largest absolute Gasteiger partial charge is 0.495 e. The maximum absolute atomic E-state index is 12.2. The Balaban J connectivity index is 2.07. The summed E-state index contributed by atoms with van der Waals surface area (Å²) >= 11 is 0. The van der Waals surface area contributed by atoms with Gasteiger partial charge in [-0.3, -0.25) is 4.79 Å². The number of aliphatic hydroxyl groups excluding tert-OH is 1. The first kappa shape index (κ1) is 22.8. The van der Waals surface area contributed by atoms with Gasteiger partial charge in [0.05, 0.1) is 34.1 Å². The molecule has 170 valence electrons. The first-order chi connectivity index (χ1) is 15.5. The Bertz CT molecular complexity index is 1080. The molecule has 0 aliphatic heterocycles. The number of H-pyrrole nitrogens is 1. The molecular weight excluding hydrogens is 418 g/mol. The van der Waals surface area contributed by atoms with Gasteiger partial charge in [-0.1, -0.05) is 0 Å². The van der Waals surface area contributed by atoms with E-state index in [1.54, 1.807) is 30.3 Å². The summed E-state index contributed by atoms with van der Waals surface area (Å²) in [6.45, 7) is -0.373. The number of nitrogens with one attached hydrogen (secondary N) is 2. The number of aromatic amines is 1. The zero-order valence-electron chi connectivity index (χ0n) is 18.3. The quantitative estimate of drug-likeness (QED) is 0.376. The van der Waals surface area contributed by atoms with E-state index in [0.29, 0.717) is 51.2 Å². The van der Waals surface area contributed by atoms with Crippen molar-refractivity contribution < 1.29 is 34.6 Å². The minimum Gasteiger partial charge on any atom is -0.495 e. The molecule has 1 heterocycles. The number of carbonyl (C=O) groups is 1. The summed E-state index contributed by atoms with van der Waals surface area (Å²) in [5, 5.41) is 23.1. The number of benzene rings is 2. The number of carbonyl (C=O) groups excluding carboxylic acids is 1. The van der Waals surface area contributed by atoms with Crippen LogP contribution >= 0.6 is 0 Å². The van der Waals surface area contributed by atoms with Crippen molar-refractivity contribution in [2.24, 2.45) is 0 Å². The Morgan fingerprint density at radius 3 is 2.09 bits per heavy atom. The third kappa shape index (κ3) is 4.43. The van der Waals surface area contributed by atoms with Crippen molar-refractivity contribution in [1.82, 2.24) is 15.4 Å². The van der Waals surface area contributed by atoms with Crippen LogP contribution in [0.15, 0.2) is 30.3 Å². The van der Waals surface area contributed by atoms with E-state index in [2.05, 4.69) is 26.5 Å². The Morgan fingerprint density at radius 1 is 0.969 bits per heavy atom. The lowest BCUT2D eigenvalue weighted by molar-refractivity contribution is -0.407. The normalized spacial score (nSPS) is 11.6. The second-order valence-electron chi connectivity index (χ2n) is 6.72. The zero-order valence-corrected chi connectivity index (χ0v) is 18.3. The number of aliphatic hydroxyl groups is 1. The molecule has 3 aromatic rings. The van der Waals surface area contributed by atoms with Crippen LogP contribution in [0.3, 0.4) is 0 Å². The molecule has 1 amide bonds. The third-order valence-electron chi connectivity index (χ3n) is 4.81. The standard InChI is InChI=1S/C21H25N5O6/c1-29-15-6-5-11(7-14(15)23-21(28)13(22)10-27)18-19(25-26-24-18)12-8-16(30-2)20(32-4)17(9-12)31-3/h5-9,13,27H,10,22H2,1-4H3,(H,23,28)(H,24,25,26)/p+1. The first-order valence-electron chi connectivity index (χ1n) is 9.61. The maximum Gasteiger partial charge on any atom is 0.285 e. The number of methoxy groups -OCH3 is 4. The molecule has 3 rings (SSSR count). The summed E-state index contributed by atoms with van der Waals surface area (Å²) in [6, 6.07) is 7.93. The van der Waals surface area contributed by atoms with Crippen LogP contribution in [0.25, 0.3) is 22.5 Å². The monoisotopic (exact) mass is 444 g/mol. The average Bonchev–Trinajstić information content (AvgIpc) is 3.32. The summed E-state index contributed by atoms with van der Waals surface area (Å²) in [5.74, 6) is 1.43. The number of hydrogen-bond donors (Lipinski definition) is 4. The van der Waals surface area contributed by atoms with Crippen molar-refractivity contribution >= 4 is 11.6 Å². The second kappa shape index (κ2) is 9.98. The van der Waals surface area contributed by atoms with E-state index in [1.165, 1.54) is 28.4 Å². The molecule has 1 aromatic heterocycles. The van der Waals surface area contributed by atoms with Gasteiger partial charge in [0, 0.05) is 11.1 Å². The Morgan fingerprint density at radius 2 is 1.56 bits per heavy atom. The van der Waals surface area contributed by atoms with Gasteiger partial charge in [-0.25, -0.2) is 0 Å². The molecule has 0 radical (unpaired) electrons. The van der Waals surface area contributed by atoms with Gasteiger partial charge in [-0.05, 0) is 30.3 Å². The van der Waals surface area contributed by atoms with Gasteiger partial charge in [0.25, 0.3) is 5.91 Å². The summed E-state index contributed by atoms with van der Waals surface area (Å²) in [7, 11) is 6.09. The highest BCUT2D eigenvalue weighted by molar-refractivity contribution is 5.96. The molecule has 0 bridgehead atoms. The first-order valence-corrected chi connectivity index (χ1v) is 9.61. The molecule has 2 aromatic carbocycles. The summed E-state index contributed by atoms with van der Waals surface area (Å²) < 4.78 is 21.6. The summed E-state index contributed by atoms with van der Waals surface area (Å²) in [4.78, 5) is 12.2. The number of hydrogen-bond acceptors (Lipinski definition) is 8. The number of aromatic nitrogens is 3. The summed E-state index contributed by atoms with van der Waals surface area (Å²) in [6.07, 6.45) is 0. The molecule has 6 N–H and O–H groups in total. The van der Waals surface area contributed by atoms with E-state index in [4.69, 9.17) is 18.9 Å². The topological polar surface area (TPSA) is 155 Å². The molecule has 0 saturated carbocycles. The number of nitrogens with zero attached hydrogens (tertiary/aromatic N) is 2. The highest BCUT2D eigenvalue weighted by Crippen LogP contribution is 2.42. The SMILES string of the molecule is COc1ccc(-c2n[nH]nc2-c2cc(OC)c(OC)c(OC)c2)cc1NC(=O)C([NH3+])CO. The average molecular weight is 444 g/mol. The molecule has 0 fully saturated rings. The van der Waals surface area contributed by atoms with Gasteiger partial charge in [0.2, 0.25) is 5.75 Å². The van der Waals surface area contributed by atoms with Crippen LogP contribution in [0.5, 0.6) is 23.0 Å². The zero-order chi connectivity index (χ0) is 23.3. The predicted octanol–water partition coefficient (Wildman–Crippen LogP) is 0.714. The van der Waals surface area contributed by atoms with E-state index in [-0.39, 0.29) is 6.61 Å². The van der Waals surface area contributed by atoms with Crippen LogP contribution in [0, 0.1) is 0 Å². The lowest BCUT2D eigenvalue weighted by Gasteiger charge is -2.14. The van der Waals surface area contributed by atoms with Crippen LogP contribution in [0.2, 0.25) is 0 Å². The molecule has 11 nitrogen and oxygen atoms in total. The fourth-order valence-electron chi connectivity index (χ4n) is 3.12. The van der Waals surface area contributed by atoms with Crippen molar-refractivity contribution in [2.75, 3.05) is 40.4 Å². The maximum atomic E-state index is 12.2. The fraction of sp³-hybridized carbons (Fsp3) is 0.286. The van der Waals surface area contributed by atoms with Gasteiger partial charge in [-0.2, -0.15) is 15.4 Å². The fourth-order valence-corrected chi connectivity index (χ4v) is 3.12. The molecule has 32 heavy (non-hydrogen) atoms. The lowest BCUT2D eigenvalue weighted by Crippen LogP contribution is -2.68. The van der Waals surface area contributed by atoms with Crippen molar-refractivity contribution in [3.05, 3.63) is 30.3 Å². The van der Waals surface area contributed by atoms with Crippen LogP contribution in [0.1, 0.15) is 0 Å². The molecular formula is C21H26N5O6+. The minimum absolute atomic E-state index is 0.373. The van der Waals surface area contributed by atoms with Crippen LogP contribution in [-0.2, 0) is 4.79 Å². The molecule has 0 spiro atoms. The van der Waals surface area contributed by atoms with E-state index >= 15 is 0 Å². The Hall–Kier alpha value is -3.83. The van der Waals surface area contributed by atoms with E-state index in [0.717, 1.165) is 0 Å². The molecule has 1 atom stereocenters. The van der Waals surface area contributed by atoms with Gasteiger partial charge in [-0.15, -0.1) is 0 Å². The highest BCUT2D eigenvalue weighted by atomic mass is 16.5. The van der Waals surface area contributed by atoms with E-state index in [1.807, 2.05) is 0 Å². The number of ether oxygens (including phenoxy) is 4. The molecule has 0 aliphatic rings. The predicted molar refractivity (Wildman–Crippen MR) is 116 cm³/mol. The molecule has 0 aliphatic carbocycles. The molecule has 11 heteroatoms. The molecule has 0 saturated heterocycles. The second-order valence-corrected chi connectivity index (χ2v) is 6.72. The van der Waals surface area contributed by atoms with Crippen molar-refractivity contribution in [3.8, 4) is 45.5 Å². The summed E-state index contributed by atoms with van der Waals surface area (Å²) in [5.41, 5.74) is 6.45. The number of amides is 1. The van der Waals surface area contributed by atoms with E-state index < -0.39 is 11.9 Å². The Labute approximate surface area is 184 Å². The number of quaternary nitrogens is 1. The van der Waals surface area contributed by atoms with Crippen LogP contribution in [-0.4, -0.2) is 67.5 Å². The lowest BCUT2D eigenvalue weighted by atomic mass is 10.0. The van der Waals surface area contributed by atoms with Gasteiger partial charge >= 0.3 is 0 Å². The Kier molecular flexibility index (Phi) is 7.13. The smallest absolute Gasteiger partial charge is 0.285 e. The highest BCUT2D eigenvalue weighted by Gasteiger charge is 2.21. The number of rotatable bonds is 9. The van der Waals surface area contributed by atoms with Crippen molar-refractivity contribution in [1.29, 1.82) is 0 Å². The van der Waals surface area contributed by atoms with Crippen LogP contribution in [0.4, 0.5) is 5.69 Å². The molecule has 1 unspecified atom stereocenters. The van der Waals surface area contributed by atoms with Gasteiger partial charge in [0.1, 0.15) is 23.7 Å². The minimum atomic E-state index is -0.815. The van der Waals surface area contributed by atoms with Gasteiger partial charge < -0.3 is 35.1 Å². The number of anilines is 1.